The lowest BCUT2D eigenvalue weighted by molar-refractivity contribution is -0.384. The van der Waals surface area contributed by atoms with Crippen molar-refractivity contribution in [3.63, 3.8) is 0 Å². The van der Waals surface area contributed by atoms with Gasteiger partial charge in [0, 0.05) is 6.07 Å². The van der Waals surface area contributed by atoms with E-state index in [1.165, 1.54) is 31.4 Å². The van der Waals surface area contributed by atoms with Crippen LogP contribution in [0.2, 0.25) is 0 Å². The van der Waals surface area contributed by atoms with Crippen LogP contribution in [0, 0.1) is 15.9 Å². The molecule has 0 spiro atoms. The van der Waals surface area contributed by atoms with E-state index in [9.17, 15) is 19.3 Å². The number of amides is 1. The zero-order chi connectivity index (χ0) is 20.1. The van der Waals surface area contributed by atoms with Gasteiger partial charge in [-0.05, 0) is 18.2 Å². The molecule has 0 bridgehead atoms. The highest BCUT2D eigenvalue weighted by molar-refractivity contribution is 7.99. The van der Waals surface area contributed by atoms with Gasteiger partial charge in [-0.15, -0.1) is 5.10 Å². The Morgan fingerprint density at radius 2 is 2.14 bits per heavy atom. The number of rotatable bonds is 7. The Morgan fingerprint density at radius 3 is 2.86 bits per heavy atom. The summed E-state index contributed by atoms with van der Waals surface area (Å²) >= 11 is 1.05. The molecule has 3 rings (SSSR count). The smallest absolute Gasteiger partial charge is 0.273 e. The monoisotopic (exact) mass is 403 g/mol. The third-order valence-electron chi connectivity index (χ3n) is 3.60. The van der Waals surface area contributed by atoms with E-state index in [4.69, 9.17) is 4.74 Å². The molecule has 3 aromatic rings. The molecule has 0 radical (unpaired) electrons. The summed E-state index contributed by atoms with van der Waals surface area (Å²) in [5.74, 6) is -0.396. The number of aromatic nitrogens is 3. The summed E-state index contributed by atoms with van der Waals surface area (Å²) in [7, 11) is 1.35. The summed E-state index contributed by atoms with van der Waals surface area (Å²) in [4.78, 5) is 26.6. The van der Waals surface area contributed by atoms with Crippen LogP contribution >= 0.6 is 11.8 Å². The van der Waals surface area contributed by atoms with Gasteiger partial charge in [0.15, 0.2) is 5.82 Å². The maximum atomic E-state index is 13.8. The zero-order valence-electron chi connectivity index (χ0n) is 14.5. The number of aromatic amines is 1. The summed E-state index contributed by atoms with van der Waals surface area (Å²) in [5.41, 5.74) is 0.438. The van der Waals surface area contributed by atoms with Gasteiger partial charge in [-0.1, -0.05) is 23.9 Å². The zero-order valence-corrected chi connectivity index (χ0v) is 15.3. The lowest BCUT2D eigenvalue weighted by atomic mass is 10.2. The Morgan fingerprint density at radius 1 is 1.36 bits per heavy atom. The molecule has 0 aliphatic rings. The Labute approximate surface area is 162 Å². The first-order chi connectivity index (χ1) is 13.5. The minimum atomic E-state index is -0.555. The highest BCUT2D eigenvalue weighted by atomic mass is 32.2. The molecule has 0 unspecified atom stereocenters. The Hall–Kier alpha value is -3.47. The van der Waals surface area contributed by atoms with Crippen LogP contribution in [0.4, 0.5) is 15.8 Å². The lowest BCUT2D eigenvalue weighted by Gasteiger charge is -2.09. The average Bonchev–Trinajstić information content (AvgIpc) is 3.15. The number of H-pyrrole nitrogens is 1. The lowest BCUT2D eigenvalue weighted by Crippen LogP contribution is -2.14. The SMILES string of the molecule is COc1cc([N+](=O)[O-])ccc1NC(=O)CSc1n[nH]c(-c2ccccc2F)n1. The molecule has 11 heteroatoms. The minimum Gasteiger partial charge on any atom is -0.494 e. The molecule has 0 atom stereocenters. The normalized spacial score (nSPS) is 10.5. The van der Waals surface area contributed by atoms with E-state index in [1.54, 1.807) is 18.2 Å². The number of ether oxygens (including phenoxy) is 1. The van der Waals surface area contributed by atoms with Crippen LogP contribution in [0.25, 0.3) is 11.4 Å². The average molecular weight is 403 g/mol. The minimum absolute atomic E-state index is 0.0191. The number of methoxy groups -OCH3 is 1. The van der Waals surface area contributed by atoms with Gasteiger partial charge in [-0.25, -0.2) is 9.37 Å². The first-order valence-corrected chi connectivity index (χ1v) is 8.89. The standard InChI is InChI=1S/C17H14FN5O4S/c1-27-14-8-10(23(25)26)6-7-13(14)19-15(24)9-28-17-20-16(21-22-17)11-4-2-3-5-12(11)18/h2-8H,9H2,1H3,(H,19,24)(H,20,21,22). The second-order valence-electron chi connectivity index (χ2n) is 5.42. The molecule has 2 N–H and O–H groups in total. The third-order valence-corrected chi connectivity index (χ3v) is 4.44. The van der Waals surface area contributed by atoms with Crippen molar-refractivity contribution in [3.8, 4) is 17.1 Å². The van der Waals surface area contributed by atoms with Crippen LogP contribution in [-0.2, 0) is 4.79 Å². The predicted octanol–water partition coefficient (Wildman–Crippen LogP) is 3.26. The summed E-state index contributed by atoms with van der Waals surface area (Å²) < 4.78 is 18.9. The van der Waals surface area contributed by atoms with Gasteiger partial charge in [-0.3, -0.25) is 20.0 Å². The van der Waals surface area contributed by atoms with E-state index in [2.05, 4.69) is 20.5 Å². The van der Waals surface area contributed by atoms with Crippen molar-refractivity contribution < 1.29 is 18.8 Å². The van der Waals surface area contributed by atoms with Crippen LogP contribution in [0.3, 0.4) is 0 Å². The molecule has 0 aliphatic carbocycles. The third kappa shape index (κ3) is 4.43. The molecule has 28 heavy (non-hydrogen) atoms. The van der Waals surface area contributed by atoms with Crippen molar-refractivity contribution in [1.29, 1.82) is 0 Å². The Kier molecular flexibility index (Phi) is 5.84. The second kappa shape index (κ2) is 8.48. The van der Waals surface area contributed by atoms with Gasteiger partial charge >= 0.3 is 0 Å². The number of halogens is 1. The maximum Gasteiger partial charge on any atom is 0.273 e. The van der Waals surface area contributed by atoms with Crippen molar-refractivity contribution in [2.24, 2.45) is 0 Å². The number of thioether (sulfide) groups is 1. The number of nitro benzene ring substituents is 1. The fraction of sp³-hybridized carbons (Fsp3) is 0.118. The quantitative estimate of drug-likeness (QED) is 0.353. The molecule has 0 saturated carbocycles. The van der Waals surface area contributed by atoms with E-state index in [1.807, 2.05) is 0 Å². The summed E-state index contributed by atoms with van der Waals surface area (Å²) in [6, 6.07) is 10.0. The van der Waals surface area contributed by atoms with Gasteiger partial charge < -0.3 is 10.1 Å². The van der Waals surface area contributed by atoms with E-state index >= 15 is 0 Å². The number of non-ortho nitro benzene ring substituents is 1. The van der Waals surface area contributed by atoms with Gasteiger partial charge in [0.1, 0.15) is 11.6 Å². The van der Waals surface area contributed by atoms with Crippen LogP contribution in [-0.4, -0.2) is 38.9 Å². The molecule has 1 aromatic heterocycles. The molecule has 1 heterocycles. The second-order valence-corrected chi connectivity index (χ2v) is 6.37. The molecular formula is C17H14FN5O4S. The first-order valence-electron chi connectivity index (χ1n) is 7.90. The van der Waals surface area contributed by atoms with Crippen LogP contribution in [0.1, 0.15) is 0 Å². The molecule has 144 valence electrons. The molecular weight excluding hydrogens is 389 g/mol. The number of carbonyl (C=O) groups excluding carboxylic acids is 1. The maximum absolute atomic E-state index is 13.8. The van der Waals surface area contributed by atoms with Gasteiger partial charge in [0.05, 0.1) is 35.1 Å². The van der Waals surface area contributed by atoms with E-state index in [-0.39, 0.29) is 39.6 Å². The highest BCUT2D eigenvalue weighted by Gasteiger charge is 2.15. The summed E-state index contributed by atoms with van der Waals surface area (Å²) in [6.07, 6.45) is 0. The van der Waals surface area contributed by atoms with Crippen molar-refractivity contribution in [2.75, 3.05) is 18.2 Å². The van der Waals surface area contributed by atoms with Crippen molar-refractivity contribution in [3.05, 3.63) is 58.4 Å². The number of hydrogen-bond acceptors (Lipinski definition) is 7. The fourth-order valence-electron chi connectivity index (χ4n) is 2.30. The van der Waals surface area contributed by atoms with Gasteiger partial charge in [0.2, 0.25) is 11.1 Å². The fourth-order valence-corrected chi connectivity index (χ4v) is 2.90. The van der Waals surface area contributed by atoms with E-state index in [0.717, 1.165) is 11.8 Å². The topological polar surface area (TPSA) is 123 Å². The Bertz CT molecular complexity index is 1030. The number of carbonyl (C=O) groups is 1. The van der Waals surface area contributed by atoms with Crippen molar-refractivity contribution in [1.82, 2.24) is 15.2 Å². The number of nitro groups is 1. The van der Waals surface area contributed by atoms with E-state index < -0.39 is 10.7 Å². The largest absolute Gasteiger partial charge is 0.494 e. The van der Waals surface area contributed by atoms with Crippen LogP contribution in [0.5, 0.6) is 5.75 Å². The number of hydrogen-bond donors (Lipinski definition) is 2. The number of nitrogens with zero attached hydrogens (tertiary/aromatic N) is 3. The highest BCUT2D eigenvalue weighted by Crippen LogP contribution is 2.29. The summed E-state index contributed by atoms with van der Waals surface area (Å²) in [6.45, 7) is 0. The molecule has 0 saturated heterocycles. The van der Waals surface area contributed by atoms with Crippen LogP contribution < -0.4 is 10.1 Å². The molecule has 0 aliphatic heterocycles. The molecule has 0 fully saturated rings. The molecule has 9 nitrogen and oxygen atoms in total. The number of anilines is 1. The van der Waals surface area contributed by atoms with Gasteiger partial charge in [-0.2, -0.15) is 0 Å². The van der Waals surface area contributed by atoms with E-state index in [0.29, 0.717) is 5.69 Å². The number of nitrogens with one attached hydrogen (secondary N) is 2. The molecule has 2 aromatic carbocycles. The summed E-state index contributed by atoms with van der Waals surface area (Å²) in [5, 5.41) is 20.3. The predicted molar refractivity (Wildman–Crippen MR) is 101 cm³/mol. The van der Waals surface area contributed by atoms with Crippen molar-refractivity contribution >= 4 is 29.0 Å². The van der Waals surface area contributed by atoms with Crippen molar-refractivity contribution in [2.45, 2.75) is 5.16 Å². The Balaban J connectivity index is 1.62. The number of benzene rings is 2. The van der Waals surface area contributed by atoms with Gasteiger partial charge in [0.25, 0.3) is 5.69 Å². The molecule has 1 amide bonds. The van der Waals surface area contributed by atoms with Crippen LogP contribution in [0.15, 0.2) is 47.6 Å². The first kappa shape index (κ1) is 19.3.